The molecule has 2 aliphatic rings. The normalized spacial score (nSPS) is 18.6. The van der Waals surface area contributed by atoms with E-state index in [0.29, 0.717) is 10.9 Å². The second kappa shape index (κ2) is 10.2. The Kier molecular flexibility index (Phi) is 6.74. The largest absolute Gasteiger partial charge is 0.340 e. The zero-order valence-electron chi connectivity index (χ0n) is 21.2. The number of hydrogen-bond acceptors (Lipinski definition) is 8. The van der Waals surface area contributed by atoms with Gasteiger partial charge in [-0.1, -0.05) is 11.6 Å². The number of carbonyl (C=O) groups is 1. The lowest BCUT2D eigenvalue weighted by Gasteiger charge is -2.37. The molecule has 194 valence electrons. The van der Waals surface area contributed by atoms with Crippen molar-refractivity contribution in [1.29, 1.82) is 0 Å². The minimum Gasteiger partial charge on any atom is -0.340 e. The van der Waals surface area contributed by atoms with Gasteiger partial charge in [-0.2, -0.15) is 5.10 Å². The molecule has 6 rings (SSSR count). The third-order valence-corrected chi connectivity index (χ3v) is 8.94. The summed E-state index contributed by atoms with van der Waals surface area (Å²) in [5.74, 6) is 1.10. The fourth-order valence-electron chi connectivity index (χ4n) is 5.37. The Morgan fingerprint density at radius 2 is 2.08 bits per heavy atom. The fourth-order valence-corrected chi connectivity index (χ4v) is 6.83. The van der Waals surface area contributed by atoms with Gasteiger partial charge in [-0.25, -0.2) is 14.5 Å². The molecule has 1 fully saturated rings. The first-order valence-electron chi connectivity index (χ1n) is 12.8. The maximum absolute atomic E-state index is 13.4. The quantitative estimate of drug-likeness (QED) is 0.402. The van der Waals surface area contributed by atoms with Gasteiger partial charge in [0.2, 0.25) is 5.91 Å². The van der Waals surface area contributed by atoms with Crippen LogP contribution in [0.1, 0.15) is 16.9 Å². The number of anilines is 2. The number of thiophene rings is 1. The van der Waals surface area contributed by atoms with Crippen LogP contribution in [0.15, 0.2) is 30.9 Å². The number of likely N-dealkylation sites (N-methyl/N-ethyl adjacent to an activating group) is 1. The van der Waals surface area contributed by atoms with Gasteiger partial charge in [-0.15, -0.1) is 11.3 Å². The Morgan fingerprint density at radius 3 is 2.89 bits per heavy atom. The Hall–Kier alpha value is -2.79. The summed E-state index contributed by atoms with van der Waals surface area (Å²) < 4.78 is 1.75. The third kappa shape index (κ3) is 4.90. The average molecular weight is 539 g/mol. The number of aryl methyl sites for hydroxylation is 1. The smallest absolute Gasteiger partial charge is 0.226 e. The van der Waals surface area contributed by atoms with Crippen molar-refractivity contribution in [1.82, 2.24) is 34.3 Å². The fraction of sp³-hybridized carbons (Fsp3) is 0.462. The topological polar surface area (TPSA) is 81.9 Å². The number of halogens is 1. The molecule has 1 aliphatic carbocycles. The predicted molar refractivity (Wildman–Crippen MR) is 148 cm³/mol. The molecule has 1 aliphatic heterocycles. The Labute approximate surface area is 225 Å². The lowest BCUT2D eigenvalue weighted by Crippen LogP contribution is -2.51. The second-order valence-electron chi connectivity index (χ2n) is 10.2. The highest BCUT2D eigenvalue weighted by Crippen LogP contribution is 2.41. The van der Waals surface area contributed by atoms with Crippen molar-refractivity contribution in [3.8, 4) is 0 Å². The van der Waals surface area contributed by atoms with Gasteiger partial charge < -0.3 is 15.1 Å². The highest BCUT2D eigenvalue weighted by Gasteiger charge is 2.33. The molecule has 1 saturated heterocycles. The summed E-state index contributed by atoms with van der Waals surface area (Å²) >= 11 is 8.22. The standard InChI is InChI=1S/C26H31ClN8OS/c1-32(2)7-8-33-9-11-34(12-10-33)26(36)17-3-4-19-22(13-17)37-25-23(19)24(28-16-29-25)31-21-14-18-5-6-30-35(18)15-20(21)27/h5-6,14-17H,3-4,7-13H2,1-2H3,(H,28,29,31). The van der Waals surface area contributed by atoms with Gasteiger partial charge in [0, 0.05) is 62.5 Å². The summed E-state index contributed by atoms with van der Waals surface area (Å²) in [6.07, 6.45) is 7.62. The van der Waals surface area contributed by atoms with Crippen LogP contribution < -0.4 is 5.32 Å². The molecular weight excluding hydrogens is 508 g/mol. The summed E-state index contributed by atoms with van der Waals surface area (Å²) in [5, 5.41) is 9.30. The number of nitrogens with one attached hydrogen (secondary N) is 1. The first kappa shape index (κ1) is 24.5. The van der Waals surface area contributed by atoms with E-state index in [1.807, 2.05) is 12.1 Å². The van der Waals surface area contributed by atoms with Crippen molar-refractivity contribution in [2.75, 3.05) is 58.7 Å². The predicted octanol–water partition coefficient (Wildman–Crippen LogP) is 3.55. The third-order valence-electron chi connectivity index (χ3n) is 7.48. The molecule has 9 nitrogen and oxygen atoms in total. The first-order valence-corrected chi connectivity index (χ1v) is 14.0. The minimum atomic E-state index is 0.0389. The molecule has 1 atom stereocenters. The molecule has 0 spiro atoms. The van der Waals surface area contributed by atoms with E-state index in [0.717, 1.165) is 85.8 Å². The highest BCUT2D eigenvalue weighted by atomic mass is 35.5. The molecule has 0 aromatic carbocycles. The highest BCUT2D eigenvalue weighted by molar-refractivity contribution is 7.19. The summed E-state index contributed by atoms with van der Waals surface area (Å²) in [7, 11) is 4.20. The monoisotopic (exact) mass is 538 g/mol. The van der Waals surface area contributed by atoms with Crippen LogP contribution in [0.2, 0.25) is 5.02 Å². The van der Waals surface area contributed by atoms with Crippen LogP contribution in [0.3, 0.4) is 0 Å². The lowest BCUT2D eigenvalue weighted by atomic mass is 9.86. The van der Waals surface area contributed by atoms with Crippen molar-refractivity contribution in [2.24, 2.45) is 5.92 Å². The molecule has 4 aromatic rings. The van der Waals surface area contributed by atoms with Gasteiger partial charge in [0.25, 0.3) is 0 Å². The molecule has 1 N–H and O–H groups in total. The molecule has 37 heavy (non-hydrogen) atoms. The van der Waals surface area contributed by atoms with Gasteiger partial charge in [-0.05, 0) is 51.1 Å². The van der Waals surface area contributed by atoms with Crippen LogP contribution in [-0.4, -0.2) is 93.6 Å². The van der Waals surface area contributed by atoms with Crippen LogP contribution >= 0.6 is 22.9 Å². The Morgan fingerprint density at radius 1 is 1.24 bits per heavy atom. The number of pyridine rings is 1. The van der Waals surface area contributed by atoms with Gasteiger partial charge >= 0.3 is 0 Å². The molecule has 11 heteroatoms. The number of hydrogen-bond donors (Lipinski definition) is 1. The molecule has 0 saturated carbocycles. The maximum Gasteiger partial charge on any atom is 0.226 e. The number of aromatic nitrogens is 4. The molecular formula is C26H31ClN8OS. The SMILES string of the molecule is CN(C)CCN1CCN(C(=O)C2CCc3c(sc4ncnc(Nc5cc6ccnn6cc5Cl)c34)C2)CC1. The zero-order valence-corrected chi connectivity index (χ0v) is 22.7. The van der Waals surface area contributed by atoms with E-state index < -0.39 is 0 Å². The minimum absolute atomic E-state index is 0.0389. The van der Waals surface area contributed by atoms with Crippen molar-refractivity contribution in [3.63, 3.8) is 0 Å². The van der Waals surface area contributed by atoms with E-state index in [4.69, 9.17) is 11.6 Å². The summed E-state index contributed by atoms with van der Waals surface area (Å²) in [5.41, 5.74) is 3.00. The molecule has 4 aromatic heterocycles. The van der Waals surface area contributed by atoms with Gasteiger partial charge in [-0.3, -0.25) is 9.69 Å². The zero-order chi connectivity index (χ0) is 25.5. The van der Waals surface area contributed by atoms with Crippen LogP contribution in [-0.2, 0) is 17.6 Å². The van der Waals surface area contributed by atoms with E-state index in [1.165, 1.54) is 10.4 Å². The number of piperazine rings is 1. The molecule has 1 amide bonds. The molecule has 0 bridgehead atoms. The summed E-state index contributed by atoms with van der Waals surface area (Å²) in [6.45, 7) is 5.67. The number of fused-ring (bicyclic) bond motifs is 4. The van der Waals surface area contributed by atoms with Crippen molar-refractivity contribution >= 4 is 56.1 Å². The van der Waals surface area contributed by atoms with Gasteiger partial charge in [0.05, 0.1) is 21.6 Å². The van der Waals surface area contributed by atoms with E-state index in [-0.39, 0.29) is 5.92 Å². The maximum atomic E-state index is 13.4. The van der Waals surface area contributed by atoms with Crippen LogP contribution in [0.5, 0.6) is 0 Å². The van der Waals surface area contributed by atoms with Crippen LogP contribution in [0.4, 0.5) is 11.5 Å². The van der Waals surface area contributed by atoms with E-state index in [1.54, 1.807) is 34.6 Å². The van der Waals surface area contributed by atoms with Crippen molar-refractivity contribution in [3.05, 3.63) is 46.3 Å². The van der Waals surface area contributed by atoms with Crippen molar-refractivity contribution in [2.45, 2.75) is 19.3 Å². The van der Waals surface area contributed by atoms with Gasteiger partial charge in [0.15, 0.2) is 0 Å². The number of rotatable bonds is 6. The summed E-state index contributed by atoms with van der Waals surface area (Å²) in [4.78, 5) is 31.5. The van der Waals surface area contributed by atoms with Crippen molar-refractivity contribution < 1.29 is 4.79 Å². The Bertz CT molecular complexity index is 1440. The number of carbonyl (C=O) groups excluding carboxylic acids is 1. The van der Waals surface area contributed by atoms with E-state index >= 15 is 0 Å². The van der Waals surface area contributed by atoms with Crippen LogP contribution in [0.25, 0.3) is 15.7 Å². The van der Waals surface area contributed by atoms with Gasteiger partial charge in [0.1, 0.15) is 17.0 Å². The van der Waals surface area contributed by atoms with E-state index in [9.17, 15) is 4.79 Å². The molecule has 5 heterocycles. The first-order chi connectivity index (χ1) is 18.0. The summed E-state index contributed by atoms with van der Waals surface area (Å²) in [6, 6.07) is 3.90. The average Bonchev–Trinajstić information content (AvgIpc) is 3.51. The molecule has 0 radical (unpaired) electrons. The molecule has 1 unspecified atom stereocenters. The Balaban J connectivity index is 1.18. The lowest BCUT2D eigenvalue weighted by molar-refractivity contribution is -0.137. The van der Waals surface area contributed by atoms with Crippen LogP contribution in [0, 0.1) is 5.92 Å². The number of nitrogens with zero attached hydrogens (tertiary/aromatic N) is 7. The van der Waals surface area contributed by atoms with E-state index in [2.05, 4.69) is 49.2 Å². The number of amides is 1. The second-order valence-corrected chi connectivity index (χ2v) is 11.7.